The van der Waals surface area contributed by atoms with Crippen molar-refractivity contribution in [3.05, 3.63) is 24.2 Å². The van der Waals surface area contributed by atoms with Crippen molar-refractivity contribution in [2.24, 2.45) is 5.41 Å². The van der Waals surface area contributed by atoms with E-state index >= 15 is 0 Å². The predicted molar refractivity (Wildman–Crippen MR) is 81.2 cm³/mol. The quantitative estimate of drug-likeness (QED) is 0.657. The van der Waals surface area contributed by atoms with Crippen LogP contribution in [-0.2, 0) is 6.54 Å². The molecule has 0 amide bonds. The average Bonchev–Trinajstić information content (AvgIpc) is 2.90. The van der Waals surface area contributed by atoms with Crippen LogP contribution in [0.1, 0.15) is 45.6 Å². The first-order valence-electron chi connectivity index (χ1n) is 7.56. The Morgan fingerprint density at radius 3 is 2.53 bits per heavy atom. The molecule has 1 heterocycles. The Bertz CT molecular complexity index is 317. The maximum atomic E-state index is 5.14. The molecule has 19 heavy (non-hydrogen) atoms. The van der Waals surface area contributed by atoms with E-state index in [9.17, 15) is 0 Å². The van der Waals surface area contributed by atoms with Crippen molar-refractivity contribution in [3.8, 4) is 0 Å². The maximum absolute atomic E-state index is 5.14. The number of furan rings is 1. The van der Waals surface area contributed by atoms with Crippen molar-refractivity contribution in [1.82, 2.24) is 10.2 Å². The Morgan fingerprint density at radius 1 is 1.26 bits per heavy atom. The summed E-state index contributed by atoms with van der Waals surface area (Å²) < 4.78 is 5.14. The van der Waals surface area contributed by atoms with E-state index in [1.165, 1.54) is 24.8 Å². The summed E-state index contributed by atoms with van der Waals surface area (Å²) in [6.45, 7) is 11.2. The highest BCUT2D eigenvalue weighted by Crippen LogP contribution is 2.27. The van der Waals surface area contributed by atoms with Gasteiger partial charge in [0.15, 0.2) is 0 Å². The molecule has 0 bridgehead atoms. The third-order valence-electron chi connectivity index (χ3n) is 4.06. The molecule has 0 atom stereocenters. The van der Waals surface area contributed by atoms with Gasteiger partial charge < -0.3 is 14.6 Å². The molecule has 0 saturated heterocycles. The van der Waals surface area contributed by atoms with Gasteiger partial charge in [0, 0.05) is 25.2 Å². The first kappa shape index (κ1) is 16.3. The van der Waals surface area contributed by atoms with E-state index in [0.717, 1.165) is 26.2 Å². The summed E-state index contributed by atoms with van der Waals surface area (Å²) in [6.07, 6.45) is 7.23. The second-order valence-corrected chi connectivity index (χ2v) is 5.69. The molecule has 3 nitrogen and oxygen atoms in total. The van der Waals surface area contributed by atoms with Gasteiger partial charge in [-0.05, 0) is 44.3 Å². The Kier molecular flexibility index (Phi) is 7.17. The molecule has 0 spiro atoms. The first-order chi connectivity index (χ1) is 9.15. The third-order valence-corrected chi connectivity index (χ3v) is 4.06. The molecule has 110 valence electrons. The van der Waals surface area contributed by atoms with Gasteiger partial charge in [-0.1, -0.05) is 20.8 Å². The van der Waals surface area contributed by atoms with Gasteiger partial charge in [-0.2, -0.15) is 0 Å². The molecule has 0 unspecified atom stereocenters. The molecule has 0 aliphatic heterocycles. The van der Waals surface area contributed by atoms with Crippen LogP contribution in [0.2, 0.25) is 0 Å². The standard InChI is InChI=1S/C16H30N2O/c1-5-9-17-13-16(6-2,7-3)14-18(4)11-15-8-10-19-12-15/h8,10,12,17H,5-7,9,11,13-14H2,1-4H3. The molecule has 1 aromatic rings. The molecule has 0 saturated carbocycles. The second kappa shape index (κ2) is 8.39. The maximum Gasteiger partial charge on any atom is 0.0947 e. The Hall–Kier alpha value is -0.800. The second-order valence-electron chi connectivity index (χ2n) is 5.69. The minimum absolute atomic E-state index is 0.383. The minimum atomic E-state index is 0.383. The van der Waals surface area contributed by atoms with Gasteiger partial charge in [-0.25, -0.2) is 0 Å². The minimum Gasteiger partial charge on any atom is -0.472 e. The van der Waals surface area contributed by atoms with Gasteiger partial charge in [-0.3, -0.25) is 0 Å². The SMILES string of the molecule is CCCNCC(CC)(CC)CN(C)Cc1ccoc1. The lowest BCUT2D eigenvalue weighted by molar-refractivity contribution is 0.151. The van der Waals surface area contributed by atoms with E-state index in [-0.39, 0.29) is 0 Å². The molecule has 0 aromatic carbocycles. The molecule has 1 N–H and O–H groups in total. The molecule has 1 aromatic heterocycles. The van der Waals surface area contributed by atoms with E-state index in [1.807, 2.05) is 12.3 Å². The van der Waals surface area contributed by atoms with Crippen LogP contribution >= 0.6 is 0 Å². The summed E-state index contributed by atoms with van der Waals surface area (Å²) in [7, 11) is 2.20. The molecule has 0 fully saturated rings. The Morgan fingerprint density at radius 2 is 2.00 bits per heavy atom. The molecule has 0 radical (unpaired) electrons. The van der Waals surface area contributed by atoms with E-state index in [0.29, 0.717) is 5.41 Å². The van der Waals surface area contributed by atoms with Crippen molar-refractivity contribution in [3.63, 3.8) is 0 Å². The van der Waals surface area contributed by atoms with E-state index in [2.05, 4.69) is 38.0 Å². The highest BCUT2D eigenvalue weighted by Gasteiger charge is 2.27. The molecule has 1 rings (SSSR count). The Labute approximate surface area is 118 Å². The number of nitrogens with one attached hydrogen (secondary N) is 1. The van der Waals surface area contributed by atoms with Gasteiger partial charge in [0.1, 0.15) is 0 Å². The fourth-order valence-electron chi connectivity index (χ4n) is 2.63. The number of nitrogens with zero attached hydrogens (tertiary/aromatic N) is 1. The molecule has 0 aliphatic carbocycles. The summed E-state index contributed by atoms with van der Waals surface area (Å²) in [5.74, 6) is 0. The average molecular weight is 266 g/mol. The highest BCUT2D eigenvalue weighted by molar-refractivity contribution is 5.04. The monoisotopic (exact) mass is 266 g/mol. The third kappa shape index (κ3) is 5.37. The van der Waals surface area contributed by atoms with Crippen molar-refractivity contribution in [2.45, 2.75) is 46.6 Å². The van der Waals surface area contributed by atoms with Gasteiger partial charge in [0.25, 0.3) is 0 Å². The number of rotatable bonds is 10. The van der Waals surface area contributed by atoms with Gasteiger partial charge in [-0.15, -0.1) is 0 Å². The number of hydrogen-bond acceptors (Lipinski definition) is 3. The predicted octanol–water partition coefficient (Wildman–Crippen LogP) is 3.52. The van der Waals surface area contributed by atoms with E-state index in [1.54, 1.807) is 6.26 Å². The lowest BCUT2D eigenvalue weighted by Gasteiger charge is -2.36. The normalized spacial score (nSPS) is 12.3. The summed E-state index contributed by atoms with van der Waals surface area (Å²) in [5, 5.41) is 3.60. The topological polar surface area (TPSA) is 28.4 Å². The van der Waals surface area contributed by atoms with Crippen molar-refractivity contribution in [2.75, 3.05) is 26.7 Å². The lowest BCUT2D eigenvalue weighted by Crippen LogP contribution is -2.42. The molecule has 0 aliphatic rings. The summed E-state index contributed by atoms with van der Waals surface area (Å²) in [4.78, 5) is 2.41. The van der Waals surface area contributed by atoms with E-state index < -0.39 is 0 Å². The summed E-state index contributed by atoms with van der Waals surface area (Å²) >= 11 is 0. The zero-order valence-corrected chi connectivity index (χ0v) is 13.0. The van der Waals surface area contributed by atoms with Crippen molar-refractivity contribution >= 4 is 0 Å². The smallest absolute Gasteiger partial charge is 0.0947 e. The van der Waals surface area contributed by atoms with Gasteiger partial charge in [0.2, 0.25) is 0 Å². The van der Waals surface area contributed by atoms with Gasteiger partial charge in [0.05, 0.1) is 12.5 Å². The summed E-state index contributed by atoms with van der Waals surface area (Å²) in [6, 6.07) is 2.05. The fourth-order valence-corrected chi connectivity index (χ4v) is 2.63. The Balaban J connectivity index is 2.50. The van der Waals surface area contributed by atoms with Crippen molar-refractivity contribution in [1.29, 1.82) is 0 Å². The van der Waals surface area contributed by atoms with Crippen LogP contribution in [0, 0.1) is 5.41 Å². The zero-order valence-electron chi connectivity index (χ0n) is 13.0. The molecule has 3 heteroatoms. The van der Waals surface area contributed by atoms with Crippen LogP contribution in [0.3, 0.4) is 0 Å². The first-order valence-corrected chi connectivity index (χ1v) is 7.56. The van der Waals surface area contributed by atoms with Gasteiger partial charge >= 0.3 is 0 Å². The summed E-state index contributed by atoms with van der Waals surface area (Å²) in [5.41, 5.74) is 1.64. The largest absolute Gasteiger partial charge is 0.472 e. The zero-order chi connectivity index (χ0) is 14.1. The highest BCUT2D eigenvalue weighted by atomic mass is 16.3. The van der Waals surface area contributed by atoms with Crippen LogP contribution in [0.15, 0.2) is 23.0 Å². The molecular weight excluding hydrogens is 236 g/mol. The van der Waals surface area contributed by atoms with Crippen molar-refractivity contribution < 1.29 is 4.42 Å². The van der Waals surface area contributed by atoms with E-state index in [4.69, 9.17) is 4.42 Å². The van der Waals surface area contributed by atoms with Crippen LogP contribution < -0.4 is 5.32 Å². The number of hydrogen-bond donors (Lipinski definition) is 1. The van der Waals surface area contributed by atoms with Crippen LogP contribution in [0.25, 0.3) is 0 Å². The fraction of sp³-hybridized carbons (Fsp3) is 0.750. The van der Waals surface area contributed by atoms with Crippen LogP contribution in [0.4, 0.5) is 0 Å². The van der Waals surface area contributed by atoms with Crippen LogP contribution in [-0.4, -0.2) is 31.6 Å². The van der Waals surface area contributed by atoms with Crippen LogP contribution in [0.5, 0.6) is 0 Å². The lowest BCUT2D eigenvalue weighted by atomic mass is 9.81. The molecular formula is C16H30N2O.